The van der Waals surface area contributed by atoms with E-state index >= 15 is 0 Å². The Morgan fingerprint density at radius 2 is 1.81 bits per heavy atom. The number of aliphatic imine (C=N–C) groups is 1. The molecule has 16 heavy (non-hydrogen) atoms. The van der Waals surface area contributed by atoms with Gasteiger partial charge >= 0.3 is 0 Å². The largest absolute Gasteiger partial charge is 0.348 e. The summed E-state index contributed by atoms with van der Waals surface area (Å²) >= 11 is 11.3. The summed E-state index contributed by atoms with van der Waals surface area (Å²) in [5.41, 5.74) is 0.888. The Morgan fingerprint density at radius 3 is 2.31 bits per heavy atom. The molecule has 0 saturated heterocycles. The molecule has 0 aliphatic heterocycles. The van der Waals surface area contributed by atoms with E-state index in [9.17, 15) is 0 Å². The molecule has 0 fully saturated rings. The fourth-order valence-corrected chi connectivity index (χ4v) is 1.89. The summed E-state index contributed by atoms with van der Waals surface area (Å²) in [4.78, 5) is 6.22. The van der Waals surface area contributed by atoms with Crippen LogP contribution in [0.5, 0.6) is 0 Å². The van der Waals surface area contributed by atoms with E-state index in [1.54, 1.807) is 0 Å². The Labute approximate surface area is 107 Å². The maximum absolute atomic E-state index is 6.09. The molecule has 0 aromatic heterocycles. The van der Waals surface area contributed by atoms with Crippen LogP contribution in [0.15, 0.2) is 35.3 Å². The van der Waals surface area contributed by atoms with Crippen molar-refractivity contribution >= 4 is 34.1 Å². The first-order valence-corrected chi connectivity index (χ1v) is 6.06. The van der Waals surface area contributed by atoms with Gasteiger partial charge in [0, 0.05) is 18.7 Å². The molecule has 0 atom stereocenters. The molecular weight excluding hydrogens is 240 g/mol. The second-order valence-corrected chi connectivity index (χ2v) is 3.95. The molecule has 0 amide bonds. The van der Waals surface area contributed by atoms with Crippen LogP contribution in [-0.2, 0) is 0 Å². The minimum absolute atomic E-state index is 0.442. The molecule has 1 aromatic carbocycles. The van der Waals surface area contributed by atoms with Crippen LogP contribution >= 0.6 is 23.8 Å². The molecule has 0 aliphatic rings. The van der Waals surface area contributed by atoms with Gasteiger partial charge in [0.15, 0.2) is 5.11 Å². The van der Waals surface area contributed by atoms with Crippen molar-refractivity contribution in [1.82, 2.24) is 4.90 Å². The van der Waals surface area contributed by atoms with E-state index in [1.165, 1.54) is 0 Å². The molecule has 0 aliphatic carbocycles. The second kappa shape index (κ2) is 6.61. The topological polar surface area (TPSA) is 15.6 Å². The molecule has 0 bridgehead atoms. The summed E-state index contributed by atoms with van der Waals surface area (Å²) in [5, 5.41) is 0.983. The number of nitrogens with zero attached hydrogens (tertiary/aromatic N) is 2. The minimum Gasteiger partial charge on any atom is -0.348 e. The lowest BCUT2D eigenvalue weighted by atomic mass is 10.2. The normalized spacial score (nSPS) is 11.3. The van der Waals surface area contributed by atoms with E-state index in [0.29, 0.717) is 10.3 Å². The number of hydrogen-bond acceptors (Lipinski definition) is 1. The highest BCUT2D eigenvalue weighted by Crippen LogP contribution is 2.06. The van der Waals surface area contributed by atoms with Crippen LogP contribution in [0.4, 0.5) is 0 Å². The maximum Gasteiger partial charge on any atom is 0.196 e. The summed E-state index contributed by atoms with van der Waals surface area (Å²) < 4.78 is 0. The van der Waals surface area contributed by atoms with Crippen LogP contribution in [0.3, 0.4) is 0 Å². The molecule has 0 unspecified atom stereocenters. The summed E-state index contributed by atoms with van der Waals surface area (Å²) in [5.74, 6) is 0. The highest BCUT2D eigenvalue weighted by molar-refractivity contribution is 7.80. The lowest BCUT2D eigenvalue weighted by Crippen LogP contribution is -2.28. The van der Waals surface area contributed by atoms with Gasteiger partial charge in [-0.25, -0.2) is 4.99 Å². The second-order valence-electron chi connectivity index (χ2n) is 3.22. The Kier molecular flexibility index (Phi) is 5.43. The first-order valence-electron chi connectivity index (χ1n) is 5.27. The number of rotatable bonds is 3. The van der Waals surface area contributed by atoms with Gasteiger partial charge in [-0.05, 0) is 26.1 Å². The van der Waals surface area contributed by atoms with Crippen molar-refractivity contribution < 1.29 is 0 Å². The third-order valence-electron chi connectivity index (χ3n) is 2.24. The molecule has 86 valence electrons. The van der Waals surface area contributed by atoms with E-state index in [1.807, 2.05) is 49.1 Å². The Bertz CT molecular complexity index is 372. The number of thiocarbonyl (C=S) groups is 1. The smallest absolute Gasteiger partial charge is 0.196 e. The SMILES string of the molecule is CCN(CC)C(=S)N=C(Cl)c1ccccc1. The summed E-state index contributed by atoms with van der Waals surface area (Å²) in [7, 11) is 0. The standard InChI is InChI=1S/C12H15ClN2S/c1-3-15(4-2)12(16)14-11(13)10-8-6-5-7-9-10/h5-9H,3-4H2,1-2H3. The number of hydrogen-bond donors (Lipinski definition) is 0. The van der Waals surface area contributed by atoms with Crippen molar-refractivity contribution in [2.24, 2.45) is 4.99 Å². The van der Waals surface area contributed by atoms with E-state index in [4.69, 9.17) is 23.8 Å². The summed E-state index contributed by atoms with van der Waals surface area (Å²) in [6.45, 7) is 5.78. The van der Waals surface area contributed by atoms with Crippen LogP contribution in [0.25, 0.3) is 0 Å². The molecule has 1 rings (SSSR count). The average molecular weight is 255 g/mol. The number of halogens is 1. The summed E-state index contributed by atoms with van der Waals surface area (Å²) in [6, 6.07) is 9.62. The van der Waals surface area contributed by atoms with Crippen LogP contribution in [0.1, 0.15) is 19.4 Å². The Hall–Kier alpha value is -0.930. The zero-order chi connectivity index (χ0) is 12.0. The van der Waals surface area contributed by atoms with Crippen molar-refractivity contribution in [3.63, 3.8) is 0 Å². The average Bonchev–Trinajstić information content (AvgIpc) is 2.31. The highest BCUT2D eigenvalue weighted by atomic mass is 35.5. The van der Waals surface area contributed by atoms with Crippen molar-refractivity contribution in [1.29, 1.82) is 0 Å². The van der Waals surface area contributed by atoms with Gasteiger partial charge in [0.2, 0.25) is 0 Å². The molecule has 0 saturated carbocycles. The van der Waals surface area contributed by atoms with Crippen molar-refractivity contribution in [3.05, 3.63) is 35.9 Å². The first-order chi connectivity index (χ1) is 7.69. The Morgan fingerprint density at radius 1 is 1.25 bits per heavy atom. The van der Waals surface area contributed by atoms with Gasteiger partial charge < -0.3 is 4.90 Å². The van der Waals surface area contributed by atoms with Crippen molar-refractivity contribution in [3.8, 4) is 0 Å². The van der Waals surface area contributed by atoms with Gasteiger partial charge in [0.25, 0.3) is 0 Å². The fraction of sp³-hybridized carbons (Fsp3) is 0.333. The van der Waals surface area contributed by atoms with Gasteiger partial charge in [-0.3, -0.25) is 0 Å². The van der Waals surface area contributed by atoms with Crippen LogP contribution in [0.2, 0.25) is 0 Å². The van der Waals surface area contributed by atoms with Gasteiger partial charge in [-0.15, -0.1) is 0 Å². The molecule has 2 nitrogen and oxygen atoms in total. The molecule has 0 spiro atoms. The van der Waals surface area contributed by atoms with E-state index < -0.39 is 0 Å². The monoisotopic (exact) mass is 254 g/mol. The summed E-state index contributed by atoms with van der Waals surface area (Å²) in [6.07, 6.45) is 0. The lowest BCUT2D eigenvalue weighted by Gasteiger charge is -2.18. The van der Waals surface area contributed by atoms with Crippen LogP contribution < -0.4 is 0 Å². The predicted molar refractivity (Wildman–Crippen MR) is 74.4 cm³/mol. The zero-order valence-corrected chi connectivity index (χ0v) is 11.1. The molecule has 4 heteroatoms. The zero-order valence-electron chi connectivity index (χ0n) is 9.48. The van der Waals surface area contributed by atoms with Gasteiger partial charge in [-0.1, -0.05) is 41.9 Å². The molecule has 0 radical (unpaired) electrons. The highest BCUT2D eigenvalue weighted by Gasteiger charge is 2.05. The van der Waals surface area contributed by atoms with E-state index in [2.05, 4.69) is 4.99 Å². The van der Waals surface area contributed by atoms with Crippen molar-refractivity contribution in [2.75, 3.05) is 13.1 Å². The van der Waals surface area contributed by atoms with Crippen molar-refractivity contribution in [2.45, 2.75) is 13.8 Å². The van der Waals surface area contributed by atoms with Gasteiger partial charge in [0.1, 0.15) is 5.17 Å². The number of benzene rings is 1. The molecule has 0 heterocycles. The predicted octanol–water partition coefficient (Wildman–Crippen LogP) is 3.30. The lowest BCUT2D eigenvalue weighted by molar-refractivity contribution is 0.469. The first kappa shape index (κ1) is 13.1. The van der Waals surface area contributed by atoms with E-state index in [0.717, 1.165) is 18.7 Å². The quantitative estimate of drug-likeness (QED) is 0.608. The van der Waals surface area contributed by atoms with Crippen LogP contribution in [-0.4, -0.2) is 28.3 Å². The fourth-order valence-electron chi connectivity index (χ4n) is 1.29. The molecule has 0 N–H and O–H groups in total. The maximum atomic E-state index is 6.09. The third kappa shape index (κ3) is 3.58. The van der Waals surface area contributed by atoms with Gasteiger partial charge in [0.05, 0.1) is 0 Å². The third-order valence-corrected chi connectivity index (χ3v) is 2.89. The minimum atomic E-state index is 0.442. The van der Waals surface area contributed by atoms with Crippen LogP contribution in [0, 0.1) is 0 Å². The van der Waals surface area contributed by atoms with E-state index in [-0.39, 0.29) is 0 Å². The molecular formula is C12H15ClN2S. The van der Waals surface area contributed by atoms with Gasteiger partial charge in [-0.2, -0.15) is 0 Å². The molecule has 1 aromatic rings. The Balaban J connectivity index is 2.81.